The van der Waals surface area contributed by atoms with Crippen LogP contribution in [0.2, 0.25) is 0 Å². The van der Waals surface area contributed by atoms with E-state index < -0.39 is 18.3 Å². The molecule has 0 saturated heterocycles. The smallest absolute Gasteiger partial charge is 0.117 e. The quantitative estimate of drug-likeness (QED) is 0.362. The number of rotatable bonds is 3. The summed E-state index contributed by atoms with van der Waals surface area (Å²) >= 11 is 0. The van der Waals surface area contributed by atoms with Crippen LogP contribution >= 0.6 is 0 Å². The molecule has 0 aromatic carbocycles. The van der Waals surface area contributed by atoms with Crippen molar-refractivity contribution in [1.82, 2.24) is 0 Å². The lowest BCUT2D eigenvalue weighted by Crippen LogP contribution is -2.36. The zero-order valence-electron chi connectivity index (χ0n) is 5.15. The molecule has 0 rings (SSSR count). The Hall–Kier alpha value is -0.450. The molecule has 0 aliphatic rings. The fourth-order valence-electron chi connectivity index (χ4n) is 0.384. The summed E-state index contributed by atoms with van der Waals surface area (Å²) in [7, 11) is 0. The Morgan fingerprint density at radius 3 is 1.89 bits per heavy atom. The Morgan fingerprint density at radius 2 is 1.78 bits per heavy atom. The molecule has 0 aliphatic heterocycles. The summed E-state index contributed by atoms with van der Waals surface area (Å²) in [6, 6.07) is 0. The Balaban J connectivity index is 3.71. The van der Waals surface area contributed by atoms with Crippen LogP contribution in [0.25, 0.3) is 0 Å². The first-order valence-corrected chi connectivity index (χ1v) is 2.64. The highest BCUT2D eigenvalue weighted by Gasteiger charge is 2.18. The van der Waals surface area contributed by atoms with Gasteiger partial charge in [0.25, 0.3) is 0 Å². The van der Waals surface area contributed by atoms with Crippen LogP contribution in [0.4, 0.5) is 0 Å². The lowest BCUT2D eigenvalue weighted by molar-refractivity contribution is -0.0241. The Labute approximate surface area is 53.3 Å². The van der Waals surface area contributed by atoms with Crippen LogP contribution in [0, 0.1) is 5.41 Å². The molecule has 0 bridgehead atoms. The molecule has 0 fully saturated rings. The first-order chi connectivity index (χ1) is 4.09. The minimum atomic E-state index is -1.26. The van der Waals surface area contributed by atoms with Gasteiger partial charge in [-0.25, -0.2) is 0 Å². The van der Waals surface area contributed by atoms with Gasteiger partial charge in [0.05, 0.1) is 6.10 Å². The maximum Gasteiger partial charge on any atom is 0.117 e. The highest BCUT2D eigenvalue weighted by molar-refractivity contribution is 5.59. The second-order valence-electron chi connectivity index (χ2n) is 1.89. The van der Waals surface area contributed by atoms with Gasteiger partial charge in [0.15, 0.2) is 0 Å². The van der Waals surface area contributed by atoms with E-state index in [0.29, 0.717) is 6.21 Å². The van der Waals surface area contributed by atoms with Crippen molar-refractivity contribution in [3.05, 3.63) is 0 Å². The summed E-state index contributed by atoms with van der Waals surface area (Å²) in [4.78, 5) is 0. The van der Waals surface area contributed by atoms with Crippen molar-refractivity contribution in [2.45, 2.75) is 25.2 Å². The SMILES string of the molecule is C[C@@H](O)[C@@H](O)[C@@H](O)C=N. The van der Waals surface area contributed by atoms with Crippen molar-refractivity contribution in [3.63, 3.8) is 0 Å². The van der Waals surface area contributed by atoms with Gasteiger partial charge in [0.2, 0.25) is 0 Å². The molecule has 0 spiro atoms. The summed E-state index contributed by atoms with van der Waals surface area (Å²) in [6.07, 6.45) is -2.83. The fourth-order valence-corrected chi connectivity index (χ4v) is 0.384. The topological polar surface area (TPSA) is 84.5 Å². The Morgan fingerprint density at radius 1 is 1.33 bits per heavy atom. The molecule has 0 aliphatic carbocycles. The van der Waals surface area contributed by atoms with Gasteiger partial charge in [0, 0.05) is 6.21 Å². The van der Waals surface area contributed by atoms with E-state index >= 15 is 0 Å². The van der Waals surface area contributed by atoms with Crippen LogP contribution in [-0.2, 0) is 0 Å². The van der Waals surface area contributed by atoms with Gasteiger partial charge < -0.3 is 20.7 Å². The van der Waals surface area contributed by atoms with Crippen molar-refractivity contribution >= 4 is 6.21 Å². The van der Waals surface area contributed by atoms with E-state index in [0.717, 1.165) is 0 Å². The van der Waals surface area contributed by atoms with Gasteiger partial charge in [-0.15, -0.1) is 0 Å². The normalized spacial score (nSPS) is 20.4. The number of hydrogen-bond donors (Lipinski definition) is 4. The van der Waals surface area contributed by atoms with Gasteiger partial charge in [-0.2, -0.15) is 0 Å². The molecule has 0 unspecified atom stereocenters. The molecular formula is C5H11NO3. The predicted molar refractivity (Wildman–Crippen MR) is 32.5 cm³/mol. The van der Waals surface area contributed by atoms with Crippen molar-refractivity contribution in [2.24, 2.45) is 0 Å². The van der Waals surface area contributed by atoms with Crippen LogP contribution < -0.4 is 0 Å². The van der Waals surface area contributed by atoms with Crippen LogP contribution in [0.1, 0.15) is 6.92 Å². The number of aliphatic hydroxyl groups excluding tert-OH is 3. The Bertz CT molecular complexity index is 94.2. The lowest BCUT2D eigenvalue weighted by atomic mass is 10.1. The first kappa shape index (κ1) is 8.55. The third kappa shape index (κ3) is 2.55. The molecule has 0 heterocycles. The summed E-state index contributed by atoms with van der Waals surface area (Å²) in [5.74, 6) is 0. The molecule has 0 saturated carbocycles. The maximum absolute atomic E-state index is 8.74. The molecule has 4 heteroatoms. The number of nitrogens with one attached hydrogen (secondary N) is 1. The van der Waals surface area contributed by atoms with E-state index in [1.54, 1.807) is 0 Å². The van der Waals surface area contributed by atoms with Crippen LogP contribution in [-0.4, -0.2) is 39.8 Å². The van der Waals surface area contributed by atoms with Gasteiger partial charge in [0.1, 0.15) is 12.2 Å². The van der Waals surface area contributed by atoms with E-state index in [4.69, 9.17) is 20.7 Å². The molecule has 0 amide bonds. The molecule has 0 radical (unpaired) electrons. The van der Waals surface area contributed by atoms with Gasteiger partial charge in [-0.1, -0.05) is 0 Å². The summed E-state index contributed by atoms with van der Waals surface area (Å²) < 4.78 is 0. The zero-order chi connectivity index (χ0) is 7.44. The molecule has 0 aromatic heterocycles. The van der Waals surface area contributed by atoms with Crippen molar-refractivity contribution in [1.29, 1.82) is 5.41 Å². The van der Waals surface area contributed by atoms with Crippen LogP contribution in [0.15, 0.2) is 0 Å². The summed E-state index contributed by atoms with van der Waals surface area (Å²) in [6.45, 7) is 1.34. The highest BCUT2D eigenvalue weighted by atomic mass is 16.4. The zero-order valence-corrected chi connectivity index (χ0v) is 5.15. The first-order valence-electron chi connectivity index (χ1n) is 2.64. The van der Waals surface area contributed by atoms with Gasteiger partial charge in [-0.3, -0.25) is 0 Å². The summed E-state index contributed by atoms with van der Waals surface area (Å²) in [5.41, 5.74) is 0. The van der Waals surface area contributed by atoms with Crippen molar-refractivity contribution in [2.75, 3.05) is 0 Å². The maximum atomic E-state index is 8.74. The monoisotopic (exact) mass is 133 g/mol. The van der Waals surface area contributed by atoms with E-state index in [1.807, 2.05) is 0 Å². The van der Waals surface area contributed by atoms with Crippen LogP contribution in [0.5, 0.6) is 0 Å². The third-order valence-electron chi connectivity index (χ3n) is 1.01. The highest BCUT2D eigenvalue weighted by Crippen LogP contribution is 1.95. The molecule has 0 aromatic rings. The summed E-state index contributed by atoms with van der Waals surface area (Å²) in [5, 5.41) is 32.5. The molecule has 9 heavy (non-hydrogen) atoms. The average Bonchev–Trinajstić information content (AvgIpc) is 1.84. The molecule has 54 valence electrons. The molecule has 4 N–H and O–H groups in total. The second kappa shape index (κ2) is 3.55. The van der Waals surface area contributed by atoms with Gasteiger partial charge in [-0.05, 0) is 6.92 Å². The Kier molecular flexibility index (Phi) is 3.37. The lowest BCUT2D eigenvalue weighted by Gasteiger charge is -2.15. The molecule has 4 nitrogen and oxygen atoms in total. The van der Waals surface area contributed by atoms with Crippen LogP contribution in [0.3, 0.4) is 0 Å². The van der Waals surface area contributed by atoms with Crippen molar-refractivity contribution in [3.8, 4) is 0 Å². The number of hydrogen-bond acceptors (Lipinski definition) is 4. The van der Waals surface area contributed by atoms with E-state index in [2.05, 4.69) is 0 Å². The van der Waals surface area contributed by atoms with Crippen molar-refractivity contribution < 1.29 is 15.3 Å². The van der Waals surface area contributed by atoms with E-state index in [9.17, 15) is 0 Å². The standard InChI is InChI=1S/C5H11NO3/c1-3(7)5(9)4(8)2-6/h2-9H,1H3/t3-,4+,5-/m1/s1. The predicted octanol–water partition coefficient (Wildman–Crippen LogP) is -1.26. The third-order valence-corrected chi connectivity index (χ3v) is 1.01. The van der Waals surface area contributed by atoms with Gasteiger partial charge >= 0.3 is 0 Å². The molecular weight excluding hydrogens is 122 g/mol. The second-order valence-corrected chi connectivity index (χ2v) is 1.89. The minimum Gasteiger partial charge on any atom is -0.391 e. The average molecular weight is 133 g/mol. The largest absolute Gasteiger partial charge is 0.391 e. The van der Waals surface area contributed by atoms with E-state index in [-0.39, 0.29) is 0 Å². The fraction of sp³-hybridized carbons (Fsp3) is 0.800. The number of aliphatic hydroxyl groups is 3. The molecule has 3 atom stereocenters. The van der Waals surface area contributed by atoms with E-state index in [1.165, 1.54) is 6.92 Å². The minimum absolute atomic E-state index is 0.678.